The molecule has 226 valence electrons. The maximum absolute atomic E-state index is 14.1. The highest BCUT2D eigenvalue weighted by molar-refractivity contribution is 9.10. The van der Waals surface area contributed by atoms with Gasteiger partial charge in [0.1, 0.15) is 10.9 Å². The Morgan fingerprint density at radius 2 is 1.93 bits per heavy atom. The number of hydrogen-bond donors (Lipinski definition) is 3. The van der Waals surface area contributed by atoms with E-state index in [2.05, 4.69) is 47.8 Å². The largest absolute Gasteiger partial charge is 0.348 e. The van der Waals surface area contributed by atoms with E-state index >= 15 is 0 Å². The molecule has 0 bridgehead atoms. The molecular weight excluding hydrogens is 620 g/mol. The van der Waals surface area contributed by atoms with Crippen LogP contribution in [0.4, 0.5) is 5.69 Å². The molecule has 0 spiro atoms. The predicted octanol–water partition coefficient (Wildman–Crippen LogP) is 5.21. The molecule has 1 saturated heterocycles. The number of hydrogen-bond acceptors (Lipinski definition) is 6. The van der Waals surface area contributed by atoms with Crippen LogP contribution in [0.1, 0.15) is 63.8 Å². The Hall–Kier alpha value is -3.09. The molecule has 42 heavy (non-hydrogen) atoms. The zero-order valence-electron chi connectivity index (χ0n) is 24.3. The molecule has 2 amide bonds. The van der Waals surface area contributed by atoms with Crippen LogP contribution in [0.15, 0.2) is 52.2 Å². The monoisotopic (exact) mass is 658 g/mol. The van der Waals surface area contributed by atoms with Gasteiger partial charge < -0.3 is 15.2 Å². The molecule has 2 aromatic heterocycles. The van der Waals surface area contributed by atoms with Crippen LogP contribution in [0.3, 0.4) is 0 Å². The van der Waals surface area contributed by atoms with Gasteiger partial charge in [-0.15, -0.1) is 0 Å². The average Bonchev–Trinajstić information content (AvgIpc) is 3.41. The van der Waals surface area contributed by atoms with Crippen LogP contribution in [0.2, 0.25) is 0 Å². The molecule has 1 unspecified atom stereocenters. The van der Waals surface area contributed by atoms with Crippen LogP contribution in [0, 0.1) is 12.8 Å². The van der Waals surface area contributed by atoms with E-state index in [1.165, 1.54) is 6.07 Å². The lowest BCUT2D eigenvalue weighted by atomic mass is 9.94. The van der Waals surface area contributed by atoms with Crippen LogP contribution in [0.25, 0.3) is 11.3 Å². The van der Waals surface area contributed by atoms with Crippen molar-refractivity contribution in [2.24, 2.45) is 5.92 Å². The zero-order valence-corrected chi connectivity index (χ0v) is 26.7. The number of anilines is 1. The lowest BCUT2D eigenvalue weighted by Gasteiger charge is -2.34. The van der Waals surface area contributed by atoms with E-state index in [4.69, 9.17) is 0 Å². The molecule has 3 N–H and O–H groups in total. The minimum absolute atomic E-state index is 0.123. The number of nitrogens with zero attached hydrogens (tertiary/aromatic N) is 3. The second kappa shape index (κ2) is 14.4. The summed E-state index contributed by atoms with van der Waals surface area (Å²) in [4.78, 5) is 39.8. The third-order valence-electron chi connectivity index (χ3n) is 7.82. The number of imidazole rings is 1. The highest BCUT2D eigenvalue weighted by Crippen LogP contribution is 2.36. The number of benzene rings is 1. The van der Waals surface area contributed by atoms with Gasteiger partial charge in [0.15, 0.2) is 0 Å². The van der Waals surface area contributed by atoms with Crippen molar-refractivity contribution in [2.75, 3.05) is 18.4 Å². The first-order valence-electron chi connectivity index (χ1n) is 14.5. The van der Waals surface area contributed by atoms with Crippen molar-refractivity contribution in [3.8, 4) is 11.3 Å². The first kappa shape index (κ1) is 31.8. The summed E-state index contributed by atoms with van der Waals surface area (Å²) >= 11 is 3.44. The molecule has 1 aliphatic heterocycles. The minimum atomic E-state index is -4.28. The maximum atomic E-state index is 14.1. The molecular formula is C30H39BrN6O4S. The third-order valence-corrected chi connectivity index (χ3v) is 9.78. The smallest absolute Gasteiger partial charge is 0.243 e. The lowest BCUT2D eigenvalue weighted by molar-refractivity contribution is -0.134. The molecule has 12 heteroatoms. The van der Waals surface area contributed by atoms with Crippen LogP contribution in [0.5, 0.6) is 0 Å². The van der Waals surface area contributed by atoms with Gasteiger partial charge in [-0.05, 0) is 69.2 Å². The number of amides is 2. The van der Waals surface area contributed by atoms with Gasteiger partial charge in [0.25, 0.3) is 0 Å². The quantitative estimate of drug-likeness (QED) is 0.244. The summed E-state index contributed by atoms with van der Waals surface area (Å²) in [5.41, 5.74) is 2.92. The second-order valence-electron chi connectivity index (χ2n) is 10.7. The van der Waals surface area contributed by atoms with E-state index in [9.17, 15) is 18.0 Å². The number of likely N-dealkylation sites (tertiary alicyclic amines) is 1. The molecule has 1 aliphatic rings. The van der Waals surface area contributed by atoms with Gasteiger partial charge in [-0.2, -0.15) is 4.72 Å². The molecule has 0 aliphatic carbocycles. The summed E-state index contributed by atoms with van der Waals surface area (Å²) in [5.74, 6) is 0.000897. The number of aromatic nitrogens is 3. The van der Waals surface area contributed by atoms with E-state index in [1.807, 2.05) is 6.92 Å². The topological polar surface area (TPSA) is 137 Å². The summed E-state index contributed by atoms with van der Waals surface area (Å²) in [7, 11) is -4.28. The van der Waals surface area contributed by atoms with Crippen LogP contribution in [-0.4, -0.2) is 59.2 Å². The first-order chi connectivity index (χ1) is 20.1. The van der Waals surface area contributed by atoms with Gasteiger partial charge in [0.2, 0.25) is 21.8 Å². The summed E-state index contributed by atoms with van der Waals surface area (Å²) in [5, 5.41) is 2.78. The van der Waals surface area contributed by atoms with Crippen molar-refractivity contribution in [1.29, 1.82) is 0 Å². The Balaban J connectivity index is 1.68. The van der Waals surface area contributed by atoms with Crippen molar-refractivity contribution in [1.82, 2.24) is 24.6 Å². The highest BCUT2D eigenvalue weighted by Gasteiger charge is 2.33. The number of piperidine rings is 1. The van der Waals surface area contributed by atoms with Crippen molar-refractivity contribution in [3.05, 3.63) is 58.7 Å². The summed E-state index contributed by atoms with van der Waals surface area (Å²) < 4.78 is 31.4. The molecule has 1 atom stereocenters. The number of nitrogens with one attached hydrogen (secondary N) is 3. The van der Waals surface area contributed by atoms with Crippen molar-refractivity contribution in [2.45, 2.75) is 76.7 Å². The van der Waals surface area contributed by atoms with Crippen LogP contribution in [-0.2, 0) is 26.0 Å². The first-order valence-corrected chi connectivity index (χ1v) is 16.7. The van der Waals surface area contributed by atoms with Crippen LogP contribution < -0.4 is 10.0 Å². The number of carbonyl (C=O) groups excluding carboxylic acids is 2. The molecule has 0 radical (unpaired) electrons. The Morgan fingerprint density at radius 1 is 1.17 bits per heavy atom. The molecule has 10 nitrogen and oxygen atoms in total. The number of sulfonamides is 1. The van der Waals surface area contributed by atoms with Gasteiger partial charge in [-0.1, -0.05) is 42.3 Å². The predicted molar refractivity (Wildman–Crippen MR) is 166 cm³/mol. The molecule has 3 aromatic rings. The Bertz CT molecular complexity index is 1490. The second-order valence-corrected chi connectivity index (χ2v) is 13.3. The number of halogens is 1. The fraction of sp³-hybridized carbons (Fsp3) is 0.467. The van der Waals surface area contributed by atoms with Gasteiger partial charge in [-0.3, -0.25) is 14.6 Å². The van der Waals surface area contributed by atoms with Crippen LogP contribution >= 0.6 is 15.9 Å². The standard InChI is InChI=1S/C30H39BrN6O4S/c1-4-21-12-15-37(16-13-21)30(39)26(11-8-10-24-20(3)33-19-34-24)36-42(40,41)27-18-22(31)17-23(25-9-6-7-14-32-25)29(27)35-28(38)5-2/h6-7,9,14,17-19,21,26,36H,4-5,8,10-13,15-16H2,1-3H3,(H,33,34)(H,35,38). The Kier molecular flexibility index (Phi) is 10.9. The third kappa shape index (κ3) is 7.84. The minimum Gasteiger partial charge on any atom is -0.348 e. The Labute approximate surface area is 256 Å². The number of aromatic amines is 1. The molecule has 4 rings (SSSR count). The highest BCUT2D eigenvalue weighted by atomic mass is 79.9. The number of H-pyrrole nitrogens is 1. The van der Waals surface area contributed by atoms with E-state index in [-0.39, 0.29) is 28.8 Å². The van der Waals surface area contributed by atoms with E-state index in [0.717, 1.165) is 30.7 Å². The van der Waals surface area contributed by atoms with Crippen molar-refractivity contribution < 1.29 is 18.0 Å². The summed E-state index contributed by atoms with van der Waals surface area (Å²) in [6.07, 6.45) is 7.74. The zero-order chi connectivity index (χ0) is 30.3. The normalized spacial score (nSPS) is 15.0. The number of pyridine rings is 1. The molecule has 1 fully saturated rings. The summed E-state index contributed by atoms with van der Waals surface area (Å²) in [6.45, 7) is 6.99. The number of aryl methyl sites for hydroxylation is 2. The van der Waals surface area contributed by atoms with E-state index in [0.29, 0.717) is 54.0 Å². The van der Waals surface area contributed by atoms with E-state index in [1.54, 1.807) is 48.6 Å². The number of rotatable bonds is 12. The van der Waals surface area contributed by atoms with Gasteiger partial charge in [0.05, 0.1) is 23.4 Å². The fourth-order valence-corrected chi connectivity index (χ4v) is 7.29. The molecule has 0 saturated carbocycles. The molecule has 3 heterocycles. The average molecular weight is 660 g/mol. The van der Waals surface area contributed by atoms with E-state index < -0.39 is 16.1 Å². The fourth-order valence-electron chi connectivity index (χ4n) is 5.25. The van der Waals surface area contributed by atoms with Gasteiger partial charge in [0, 0.05) is 41.4 Å². The SMILES string of the molecule is CCC(=O)Nc1c(-c2ccccn2)cc(Br)cc1S(=O)(=O)NC(CCCc1nc[nH]c1C)C(=O)N1CCC(CC)CC1. The van der Waals surface area contributed by atoms with Crippen molar-refractivity contribution >= 4 is 43.5 Å². The van der Waals surface area contributed by atoms with Crippen molar-refractivity contribution in [3.63, 3.8) is 0 Å². The number of carbonyl (C=O) groups is 2. The van der Waals surface area contributed by atoms with Gasteiger partial charge in [-0.25, -0.2) is 13.4 Å². The lowest BCUT2D eigenvalue weighted by Crippen LogP contribution is -2.50. The maximum Gasteiger partial charge on any atom is 0.243 e. The summed E-state index contributed by atoms with van der Waals surface area (Å²) in [6, 6.07) is 7.49. The van der Waals surface area contributed by atoms with Gasteiger partial charge >= 0.3 is 0 Å². The molecule has 1 aromatic carbocycles. The Morgan fingerprint density at radius 3 is 2.55 bits per heavy atom.